The summed E-state index contributed by atoms with van der Waals surface area (Å²) in [5, 5.41) is 4.08. The van der Waals surface area contributed by atoms with Gasteiger partial charge < -0.3 is 24.3 Å². The van der Waals surface area contributed by atoms with E-state index in [1.165, 1.54) is 0 Å². The summed E-state index contributed by atoms with van der Waals surface area (Å²) >= 11 is 5.85. The fraction of sp³-hybridized carbons (Fsp3) is 0.160. The van der Waals surface area contributed by atoms with Gasteiger partial charge in [-0.25, -0.2) is 4.98 Å². The first-order valence-corrected chi connectivity index (χ1v) is 10.9. The van der Waals surface area contributed by atoms with Gasteiger partial charge in [0, 0.05) is 30.4 Å². The second kappa shape index (κ2) is 8.91. The van der Waals surface area contributed by atoms with Crippen LogP contribution in [-0.2, 0) is 0 Å². The van der Waals surface area contributed by atoms with Gasteiger partial charge >= 0.3 is 0 Å². The third-order valence-electron chi connectivity index (χ3n) is 5.72. The Kier molecular flexibility index (Phi) is 5.66. The lowest BCUT2D eigenvalue weighted by Crippen LogP contribution is -2.30. The van der Waals surface area contributed by atoms with Crippen molar-refractivity contribution in [2.24, 2.45) is 0 Å². The van der Waals surface area contributed by atoms with Gasteiger partial charge in [-0.05, 0) is 60.7 Å². The number of hydrogen-bond acceptors (Lipinski definition) is 5. The summed E-state index contributed by atoms with van der Waals surface area (Å²) in [5.74, 6) is 2.21. The van der Waals surface area contributed by atoms with Crippen LogP contribution in [0, 0.1) is 0 Å². The number of anilines is 1. The molecule has 7 nitrogen and oxygen atoms in total. The van der Waals surface area contributed by atoms with Gasteiger partial charge in [-0.2, -0.15) is 0 Å². The highest BCUT2D eigenvalue weighted by atomic mass is 32.1. The number of methoxy groups -OCH3 is 2. The highest BCUT2D eigenvalue weighted by Crippen LogP contribution is 2.45. The molecule has 1 aromatic carbocycles. The highest BCUT2D eigenvalue weighted by molar-refractivity contribution is 7.80. The second-order valence-corrected chi connectivity index (χ2v) is 7.91. The molecule has 33 heavy (non-hydrogen) atoms. The van der Waals surface area contributed by atoms with Crippen molar-refractivity contribution in [2.45, 2.75) is 12.1 Å². The molecule has 4 heterocycles. The standard InChI is InChI=1S/C25H23N5O2S/c1-31-17-11-12-19(21(16-17)32-2)30-24(23(28-25(30)33)18-8-3-5-13-26-18)20-9-7-15-29(20)22-10-4-6-14-27-22/h3-16,23-24H,1-2H3,(H,28,33)/t23-,24+/m1/s1. The molecule has 1 aliphatic heterocycles. The zero-order valence-electron chi connectivity index (χ0n) is 18.3. The van der Waals surface area contributed by atoms with Crippen molar-refractivity contribution in [3.8, 4) is 17.3 Å². The fourth-order valence-electron chi connectivity index (χ4n) is 4.24. The summed E-state index contributed by atoms with van der Waals surface area (Å²) in [6, 6.07) is 21.2. The molecule has 0 spiro atoms. The van der Waals surface area contributed by atoms with Crippen molar-refractivity contribution in [1.82, 2.24) is 19.9 Å². The minimum Gasteiger partial charge on any atom is -0.497 e. The van der Waals surface area contributed by atoms with Gasteiger partial charge in [0.2, 0.25) is 0 Å². The molecule has 8 heteroatoms. The van der Waals surface area contributed by atoms with Crippen molar-refractivity contribution in [1.29, 1.82) is 0 Å². The van der Waals surface area contributed by atoms with Crippen LogP contribution >= 0.6 is 12.2 Å². The van der Waals surface area contributed by atoms with E-state index in [1.54, 1.807) is 26.6 Å². The lowest BCUT2D eigenvalue weighted by Gasteiger charge is -2.29. The third kappa shape index (κ3) is 3.78. The van der Waals surface area contributed by atoms with Gasteiger partial charge in [-0.15, -0.1) is 0 Å². The third-order valence-corrected chi connectivity index (χ3v) is 6.04. The highest BCUT2D eigenvalue weighted by Gasteiger charge is 2.43. The number of nitrogens with one attached hydrogen (secondary N) is 1. The number of ether oxygens (including phenoxy) is 2. The Bertz CT molecular complexity index is 1260. The topological polar surface area (TPSA) is 64.4 Å². The number of pyridine rings is 2. The molecular formula is C25H23N5O2S. The zero-order chi connectivity index (χ0) is 22.8. The molecule has 0 amide bonds. The Balaban J connectivity index is 1.69. The quantitative estimate of drug-likeness (QED) is 0.429. The summed E-state index contributed by atoms with van der Waals surface area (Å²) in [5.41, 5.74) is 2.76. The van der Waals surface area contributed by atoms with Gasteiger partial charge in [0.05, 0.1) is 31.6 Å². The van der Waals surface area contributed by atoms with Gasteiger partial charge in [0.25, 0.3) is 0 Å². The molecule has 0 bridgehead atoms. The molecule has 0 aliphatic carbocycles. The van der Waals surface area contributed by atoms with Crippen molar-refractivity contribution in [3.05, 3.63) is 96.7 Å². The van der Waals surface area contributed by atoms with Gasteiger partial charge in [-0.3, -0.25) is 4.98 Å². The molecule has 4 aromatic rings. The molecule has 166 valence electrons. The maximum Gasteiger partial charge on any atom is 0.174 e. The smallest absolute Gasteiger partial charge is 0.174 e. The summed E-state index contributed by atoms with van der Waals surface area (Å²) in [7, 11) is 3.28. The maximum absolute atomic E-state index is 5.85. The summed E-state index contributed by atoms with van der Waals surface area (Å²) in [4.78, 5) is 11.3. The van der Waals surface area contributed by atoms with E-state index in [0.29, 0.717) is 16.6 Å². The zero-order valence-corrected chi connectivity index (χ0v) is 19.1. The van der Waals surface area contributed by atoms with Crippen LogP contribution in [0.5, 0.6) is 11.5 Å². The van der Waals surface area contributed by atoms with Crippen LogP contribution in [0.15, 0.2) is 85.3 Å². The van der Waals surface area contributed by atoms with Crippen LogP contribution in [0.25, 0.3) is 5.82 Å². The van der Waals surface area contributed by atoms with E-state index in [-0.39, 0.29) is 12.1 Å². The fourth-order valence-corrected chi connectivity index (χ4v) is 4.58. The lowest BCUT2D eigenvalue weighted by molar-refractivity contribution is 0.394. The SMILES string of the molecule is COc1ccc(N2C(=S)N[C@H](c3ccccn3)[C@@H]2c2cccn2-c2ccccn2)c(OC)c1. The van der Waals surface area contributed by atoms with E-state index in [0.717, 1.165) is 22.9 Å². The van der Waals surface area contributed by atoms with Crippen LogP contribution in [0.3, 0.4) is 0 Å². The van der Waals surface area contributed by atoms with Gasteiger partial charge in [-0.1, -0.05) is 12.1 Å². The molecule has 0 radical (unpaired) electrons. The van der Waals surface area contributed by atoms with E-state index < -0.39 is 0 Å². The van der Waals surface area contributed by atoms with Crippen molar-refractivity contribution >= 4 is 23.0 Å². The van der Waals surface area contributed by atoms with Crippen molar-refractivity contribution in [2.75, 3.05) is 19.1 Å². The first kappa shape index (κ1) is 21.0. The molecule has 3 aromatic heterocycles. The Morgan fingerprint density at radius 2 is 1.73 bits per heavy atom. The van der Waals surface area contributed by atoms with Crippen LogP contribution in [0.4, 0.5) is 5.69 Å². The van der Waals surface area contributed by atoms with Crippen molar-refractivity contribution in [3.63, 3.8) is 0 Å². The molecule has 0 unspecified atom stereocenters. The molecule has 0 saturated carbocycles. The minimum atomic E-state index is -0.202. The Morgan fingerprint density at radius 1 is 0.909 bits per heavy atom. The van der Waals surface area contributed by atoms with E-state index in [1.807, 2.05) is 66.9 Å². The van der Waals surface area contributed by atoms with Crippen LogP contribution in [-0.4, -0.2) is 33.9 Å². The van der Waals surface area contributed by atoms with E-state index in [9.17, 15) is 0 Å². The van der Waals surface area contributed by atoms with Crippen LogP contribution in [0.2, 0.25) is 0 Å². The minimum absolute atomic E-state index is 0.178. The first-order valence-electron chi connectivity index (χ1n) is 10.5. The number of benzene rings is 1. The molecule has 1 N–H and O–H groups in total. The number of hydrogen-bond donors (Lipinski definition) is 1. The average molecular weight is 458 g/mol. The van der Waals surface area contributed by atoms with Gasteiger partial charge in [0.15, 0.2) is 5.11 Å². The maximum atomic E-state index is 5.85. The lowest BCUT2D eigenvalue weighted by atomic mass is 10.0. The predicted octanol–water partition coefficient (Wildman–Crippen LogP) is 4.46. The summed E-state index contributed by atoms with van der Waals surface area (Å²) in [6.07, 6.45) is 5.60. The summed E-state index contributed by atoms with van der Waals surface area (Å²) < 4.78 is 13.2. The average Bonchev–Trinajstić information content (AvgIpc) is 3.49. The Morgan fingerprint density at radius 3 is 2.42 bits per heavy atom. The molecule has 1 saturated heterocycles. The van der Waals surface area contributed by atoms with Crippen LogP contribution < -0.4 is 19.7 Å². The normalized spacial score (nSPS) is 17.6. The number of aromatic nitrogens is 3. The van der Waals surface area contributed by atoms with Crippen LogP contribution in [0.1, 0.15) is 23.5 Å². The number of thiocarbonyl (C=S) groups is 1. The summed E-state index contributed by atoms with van der Waals surface area (Å²) in [6.45, 7) is 0. The first-order chi connectivity index (χ1) is 16.2. The molecule has 5 rings (SSSR count). The number of nitrogens with zero attached hydrogens (tertiary/aromatic N) is 4. The predicted molar refractivity (Wildman–Crippen MR) is 131 cm³/mol. The van der Waals surface area contributed by atoms with Gasteiger partial charge in [0.1, 0.15) is 23.4 Å². The molecular weight excluding hydrogens is 434 g/mol. The molecule has 2 atom stereocenters. The largest absolute Gasteiger partial charge is 0.497 e. The molecule has 1 fully saturated rings. The Labute approximate surface area is 197 Å². The monoisotopic (exact) mass is 457 g/mol. The molecule has 1 aliphatic rings. The van der Waals surface area contributed by atoms with E-state index in [2.05, 4.69) is 30.8 Å². The second-order valence-electron chi connectivity index (χ2n) is 7.53. The Hall–Kier alpha value is -3.91. The van der Waals surface area contributed by atoms with Crippen molar-refractivity contribution < 1.29 is 9.47 Å². The van der Waals surface area contributed by atoms with E-state index in [4.69, 9.17) is 21.7 Å². The van der Waals surface area contributed by atoms with E-state index >= 15 is 0 Å². The number of rotatable bonds is 6.